The summed E-state index contributed by atoms with van der Waals surface area (Å²) in [6.07, 6.45) is 5.36. The van der Waals surface area contributed by atoms with Gasteiger partial charge in [0.25, 0.3) is 0 Å². The first-order valence-electron chi connectivity index (χ1n) is 7.26. The molecule has 1 unspecified atom stereocenters. The van der Waals surface area contributed by atoms with Crippen molar-refractivity contribution in [1.29, 1.82) is 0 Å². The second-order valence-electron chi connectivity index (χ2n) is 5.54. The minimum atomic E-state index is 0.759. The quantitative estimate of drug-likeness (QED) is 0.811. The van der Waals surface area contributed by atoms with E-state index >= 15 is 0 Å². The highest BCUT2D eigenvalue weighted by Crippen LogP contribution is 2.21. The zero-order valence-corrected chi connectivity index (χ0v) is 12.4. The Kier molecular flexibility index (Phi) is 5.08. The van der Waals surface area contributed by atoms with E-state index in [0.29, 0.717) is 0 Å². The molecule has 106 valence electrons. The van der Waals surface area contributed by atoms with E-state index in [2.05, 4.69) is 36.0 Å². The molecular formula is C16H26N2O. The van der Waals surface area contributed by atoms with Gasteiger partial charge in [-0.1, -0.05) is 6.42 Å². The van der Waals surface area contributed by atoms with Crippen molar-refractivity contribution in [3.63, 3.8) is 0 Å². The van der Waals surface area contributed by atoms with Gasteiger partial charge in [-0.3, -0.25) is 0 Å². The topological polar surface area (TPSA) is 15.7 Å². The first-order valence-corrected chi connectivity index (χ1v) is 7.26. The highest BCUT2D eigenvalue weighted by molar-refractivity contribution is 5.48. The second kappa shape index (κ2) is 6.80. The van der Waals surface area contributed by atoms with Gasteiger partial charge in [0, 0.05) is 25.3 Å². The number of benzene rings is 1. The minimum absolute atomic E-state index is 0.759. The van der Waals surface area contributed by atoms with Crippen LogP contribution in [0, 0.1) is 0 Å². The number of hydrogen-bond donors (Lipinski definition) is 0. The number of rotatable bonds is 5. The lowest BCUT2D eigenvalue weighted by molar-refractivity contribution is 0.178. The first-order chi connectivity index (χ1) is 9.20. The molecule has 1 saturated heterocycles. The van der Waals surface area contributed by atoms with Crippen molar-refractivity contribution in [2.24, 2.45) is 0 Å². The third kappa shape index (κ3) is 3.87. The molecule has 1 aliphatic rings. The van der Waals surface area contributed by atoms with Crippen LogP contribution in [0.5, 0.6) is 5.75 Å². The fourth-order valence-corrected chi connectivity index (χ4v) is 2.82. The fraction of sp³-hybridized carbons (Fsp3) is 0.625. The number of likely N-dealkylation sites (tertiary alicyclic amines) is 1. The molecular weight excluding hydrogens is 236 g/mol. The van der Waals surface area contributed by atoms with E-state index in [1.165, 1.54) is 37.9 Å². The van der Waals surface area contributed by atoms with E-state index in [0.717, 1.165) is 18.3 Å². The largest absolute Gasteiger partial charge is 0.497 e. The molecule has 0 aliphatic carbocycles. The first kappa shape index (κ1) is 14.2. The highest BCUT2D eigenvalue weighted by Gasteiger charge is 2.18. The fourth-order valence-electron chi connectivity index (χ4n) is 2.82. The van der Waals surface area contributed by atoms with Crippen LogP contribution in [0.1, 0.15) is 25.7 Å². The molecule has 0 bridgehead atoms. The number of anilines is 1. The van der Waals surface area contributed by atoms with Crippen molar-refractivity contribution in [3.8, 4) is 5.75 Å². The summed E-state index contributed by atoms with van der Waals surface area (Å²) in [7, 11) is 6.14. The predicted molar refractivity (Wildman–Crippen MR) is 81.2 cm³/mol. The lowest BCUT2D eigenvalue weighted by Gasteiger charge is -2.33. The molecule has 0 amide bonds. The molecule has 0 N–H and O–H groups in total. The Bertz CT molecular complexity index is 377. The molecule has 1 aromatic carbocycles. The molecule has 1 atom stereocenters. The number of nitrogens with zero attached hydrogens (tertiary/aromatic N) is 2. The summed E-state index contributed by atoms with van der Waals surface area (Å²) in [5.74, 6) is 0.921. The number of ether oxygens (including phenoxy) is 1. The van der Waals surface area contributed by atoms with Gasteiger partial charge in [0.05, 0.1) is 7.11 Å². The van der Waals surface area contributed by atoms with E-state index in [1.807, 2.05) is 12.1 Å². The average molecular weight is 262 g/mol. The molecule has 19 heavy (non-hydrogen) atoms. The van der Waals surface area contributed by atoms with Crippen molar-refractivity contribution >= 4 is 5.69 Å². The maximum absolute atomic E-state index is 5.19. The summed E-state index contributed by atoms with van der Waals surface area (Å²) >= 11 is 0. The molecule has 1 aliphatic heterocycles. The Morgan fingerprint density at radius 3 is 2.63 bits per heavy atom. The summed E-state index contributed by atoms with van der Waals surface area (Å²) in [6, 6.07) is 9.07. The van der Waals surface area contributed by atoms with Gasteiger partial charge in [-0.05, 0) is 57.1 Å². The number of piperidine rings is 1. The Morgan fingerprint density at radius 1 is 1.26 bits per heavy atom. The molecule has 0 spiro atoms. The molecule has 0 aromatic heterocycles. The van der Waals surface area contributed by atoms with Gasteiger partial charge in [-0.25, -0.2) is 0 Å². The molecule has 1 heterocycles. The van der Waals surface area contributed by atoms with E-state index < -0.39 is 0 Å². The maximum atomic E-state index is 5.19. The van der Waals surface area contributed by atoms with Crippen molar-refractivity contribution < 1.29 is 4.74 Å². The van der Waals surface area contributed by atoms with Crippen molar-refractivity contribution in [3.05, 3.63) is 24.3 Å². The lowest BCUT2D eigenvalue weighted by Crippen LogP contribution is -2.38. The SMILES string of the molecule is COc1ccc(N(C)CCC2CCCCN2C)cc1. The van der Waals surface area contributed by atoms with Crippen LogP contribution in [0.25, 0.3) is 0 Å². The maximum Gasteiger partial charge on any atom is 0.119 e. The van der Waals surface area contributed by atoms with Crippen molar-refractivity contribution in [2.75, 3.05) is 39.2 Å². The lowest BCUT2D eigenvalue weighted by atomic mass is 10.00. The van der Waals surface area contributed by atoms with Crippen LogP contribution in [0.15, 0.2) is 24.3 Å². The standard InChI is InChI=1S/C16H26N2O/c1-17-12-5-4-6-14(17)11-13-18(2)15-7-9-16(19-3)10-8-15/h7-10,14H,4-6,11-13H2,1-3H3. The van der Waals surface area contributed by atoms with Crippen LogP contribution in [0.4, 0.5) is 5.69 Å². The van der Waals surface area contributed by atoms with Crippen LogP contribution in [0.3, 0.4) is 0 Å². The Hall–Kier alpha value is -1.22. The van der Waals surface area contributed by atoms with Gasteiger partial charge < -0.3 is 14.5 Å². The van der Waals surface area contributed by atoms with Gasteiger partial charge in [-0.15, -0.1) is 0 Å². The van der Waals surface area contributed by atoms with Gasteiger partial charge in [0.15, 0.2) is 0 Å². The van der Waals surface area contributed by atoms with Crippen LogP contribution < -0.4 is 9.64 Å². The molecule has 0 saturated carbocycles. The molecule has 0 radical (unpaired) electrons. The third-order valence-corrected chi connectivity index (χ3v) is 4.23. The molecule has 1 aromatic rings. The Morgan fingerprint density at radius 2 is 2.00 bits per heavy atom. The summed E-state index contributed by atoms with van der Waals surface area (Å²) in [6.45, 7) is 2.37. The van der Waals surface area contributed by atoms with Gasteiger partial charge in [0.1, 0.15) is 5.75 Å². The van der Waals surface area contributed by atoms with E-state index in [9.17, 15) is 0 Å². The second-order valence-corrected chi connectivity index (χ2v) is 5.54. The number of methoxy groups -OCH3 is 1. The summed E-state index contributed by atoms with van der Waals surface area (Å²) in [5, 5.41) is 0. The van der Waals surface area contributed by atoms with Crippen LogP contribution >= 0.6 is 0 Å². The van der Waals surface area contributed by atoms with Crippen molar-refractivity contribution in [1.82, 2.24) is 4.90 Å². The Balaban J connectivity index is 1.84. The van der Waals surface area contributed by atoms with Crippen molar-refractivity contribution in [2.45, 2.75) is 31.7 Å². The molecule has 2 rings (SSSR count). The van der Waals surface area contributed by atoms with Gasteiger partial charge in [-0.2, -0.15) is 0 Å². The van der Waals surface area contributed by atoms with Crippen LogP contribution in [-0.4, -0.2) is 45.2 Å². The van der Waals surface area contributed by atoms with Crippen LogP contribution in [0.2, 0.25) is 0 Å². The van der Waals surface area contributed by atoms with E-state index in [1.54, 1.807) is 7.11 Å². The molecule has 1 fully saturated rings. The summed E-state index contributed by atoms with van der Waals surface area (Å²) in [5.41, 5.74) is 1.26. The minimum Gasteiger partial charge on any atom is -0.497 e. The normalized spacial score (nSPS) is 20.3. The summed E-state index contributed by atoms with van der Waals surface area (Å²) < 4.78 is 5.19. The zero-order chi connectivity index (χ0) is 13.7. The predicted octanol–water partition coefficient (Wildman–Crippen LogP) is 3.01. The Labute approximate surface area is 117 Å². The monoisotopic (exact) mass is 262 g/mol. The third-order valence-electron chi connectivity index (χ3n) is 4.23. The van der Waals surface area contributed by atoms with E-state index in [4.69, 9.17) is 4.74 Å². The summed E-state index contributed by atoms with van der Waals surface area (Å²) in [4.78, 5) is 4.85. The average Bonchev–Trinajstić information content (AvgIpc) is 2.46. The molecule has 3 heteroatoms. The molecule has 3 nitrogen and oxygen atoms in total. The van der Waals surface area contributed by atoms with E-state index in [-0.39, 0.29) is 0 Å². The zero-order valence-electron chi connectivity index (χ0n) is 12.4. The smallest absolute Gasteiger partial charge is 0.119 e. The number of hydrogen-bond acceptors (Lipinski definition) is 3. The highest BCUT2D eigenvalue weighted by atomic mass is 16.5. The van der Waals surface area contributed by atoms with Crippen LogP contribution in [-0.2, 0) is 0 Å². The van der Waals surface area contributed by atoms with Gasteiger partial charge in [0.2, 0.25) is 0 Å². The van der Waals surface area contributed by atoms with Gasteiger partial charge >= 0.3 is 0 Å².